The van der Waals surface area contributed by atoms with E-state index in [2.05, 4.69) is 17.1 Å². The highest BCUT2D eigenvalue weighted by Crippen LogP contribution is 2.43. The maximum atomic E-state index is 12.6. The average Bonchev–Trinajstić information content (AvgIpc) is 3.17. The van der Waals surface area contributed by atoms with Gasteiger partial charge in [0.05, 0.1) is 12.2 Å². The Balaban J connectivity index is 1.75. The fourth-order valence-electron chi connectivity index (χ4n) is 4.75. The lowest BCUT2D eigenvalue weighted by Crippen LogP contribution is -2.47. The first kappa shape index (κ1) is 14.4. The van der Waals surface area contributed by atoms with Crippen molar-refractivity contribution in [1.82, 2.24) is 10.2 Å². The number of nitrogens with one attached hydrogen (secondary N) is 1. The Morgan fingerprint density at radius 2 is 1.85 bits per heavy atom. The van der Waals surface area contributed by atoms with Gasteiger partial charge in [0.25, 0.3) is 0 Å². The van der Waals surface area contributed by atoms with Crippen molar-refractivity contribution in [3.8, 4) is 0 Å². The fourth-order valence-corrected chi connectivity index (χ4v) is 4.75. The fraction of sp³-hybridized carbons (Fsp3) is 0.941. The molecule has 20 heavy (non-hydrogen) atoms. The van der Waals surface area contributed by atoms with Gasteiger partial charge in [-0.25, -0.2) is 0 Å². The second-order valence-corrected chi connectivity index (χ2v) is 7.40. The van der Waals surface area contributed by atoms with Gasteiger partial charge in [-0.05, 0) is 50.4 Å². The van der Waals surface area contributed by atoms with Crippen LogP contribution in [-0.4, -0.2) is 29.6 Å². The summed E-state index contributed by atoms with van der Waals surface area (Å²) in [7, 11) is 0. The van der Waals surface area contributed by atoms with E-state index < -0.39 is 0 Å². The third kappa shape index (κ3) is 2.49. The molecule has 0 spiro atoms. The van der Waals surface area contributed by atoms with Crippen LogP contribution in [0, 0.1) is 11.3 Å². The SMILES string of the molecule is CCC1(CN2C(=O)C(C)NC2C2CCCC2)CCCC1. The molecule has 2 atom stereocenters. The van der Waals surface area contributed by atoms with E-state index in [0.717, 1.165) is 6.54 Å². The number of carbonyl (C=O) groups excluding carboxylic acids is 1. The maximum absolute atomic E-state index is 12.6. The number of carbonyl (C=O) groups is 1. The Labute approximate surface area is 123 Å². The van der Waals surface area contributed by atoms with Crippen LogP contribution in [0.2, 0.25) is 0 Å². The summed E-state index contributed by atoms with van der Waals surface area (Å²) in [5, 5.41) is 3.59. The van der Waals surface area contributed by atoms with Gasteiger partial charge < -0.3 is 4.90 Å². The van der Waals surface area contributed by atoms with E-state index in [4.69, 9.17) is 0 Å². The standard InChI is InChI=1S/C17H30N2O/c1-3-17(10-6-7-11-17)12-19-15(14-8-4-5-9-14)18-13(2)16(19)20/h13-15,18H,3-12H2,1-2H3. The molecule has 3 heteroatoms. The molecule has 1 aliphatic heterocycles. The number of hydrogen-bond donors (Lipinski definition) is 1. The van der Waals surface area contributed by atoms with Crippen molar-refractivity contribution in [3.05, 3.63) is 0 Å². The molecular formula is C17H30N2O. The van der Waals surface area contributed by atoms with Crippen LogP contribution in [0.15, 0.2) is 0 Å². The topological polar surface area (TPSA) is 32.3 Å². The summed E-state index contributed by atoms with van der Waals surface area (Å²) < 4.78 is 0. The van der Waals surface area contributed by atoms with Gasteiger partial charge in [-0.2, -0.15) is 0 Å². The second kappa shape index (κ2) is 5.67. The summed E-state index contributed by atoms with van der Waals surface area (Å²) in [5.41, 5.74) is 0.415. The summed E-state index contributed by atoms with van der Waals surface area (Å²) in [6.45, 7) is 5.35. The summed E-state index contributed by atoms with van der Waals surface area (Å²) >= 11 is 0. The van der Waals surface area contributed by atoms with E-state index in [1.165, 1.54) is 57.8 Å². The predicted molar refractivity (Wildman–Crippen MR) is 81.2 cm³/mol. The largest absolute Gasteiger partial charge is 0.325 e. The molecular weight excluding hydrogens is 248 g/mol. The van der Waals surface area contributed by atoms with Crippen LogP contribution in [0.5, 0.6) is 0 Å². The van der Waals surface area contributed by atoms with Crippen LogP contribution in [-0.2, 0) is 4.79 Å². The van der Waals surface area contributed by atoms with Gasteiger partial charge in [0.1, 0.15) is 0 Å². The third-order valence-electron chi connectivity index (χ3n) is 6.18. The van der Waals surface area contributed by atoms with Gasteiger partial charge in [0.15, 0.2) is 0 Å². The number of nitrogens with zero attached hydrogens (tertiary/aromatic N) is 1. The van der Waals surface area contributed by atoms with Gasteiger partial charge in [-0.3, -0.25) is 10.1 Å². The van der Waals surface area contributed by atoms with E-state index in [0.29, 0.717) is 23.4 Å². The zero-order chi connectivity index (χ0) is 14.2. The Morgan fingerprint density at radius 1 is 1.20 bits per heavy atom. The van der Waals surface area contributed by atoms with E-state index in [-0.39, 0.29) is 6.04 Å². The Bertz CT molecular complexity index is 356. The molecule has 0 bridgehead atoms. The molecule has 2 unspecified atom stereocenters. The molecule has 114 valence electrons. The molecule has 0 aromatic carbocycles. The molecule has 3 rings (SSSR count). The predicted octanol–water partition coefficient (Wildman–Crippen LogP) is 3.29. The van der Waals surface area contributed by atoms with Gasteiger partial charge in [-0.15, -0.1) is 0 Å². The van der Waals surface area contributed by atoms with Gasteiger partial charge in [-0.1, -0.05) is 32.6 Å². The minimum Gasteiger partial charge on any atom is -0.325 e. The van der Waals surface area contributed by atoms with Crippen molar-refractivity contribution < 1.29 is 4.79 Å². The zero-order valence-electron chi connectivity index (χ0n) is 13.2. The van der Waals surface area contributed by atoms with Crippen molar-refractivity contribution >= 4 is 5.91 Å². The average molecular weight is 278 g/mol. The van der Waals surface area contributed by atoms with Crippen molar-refractivity contribution in [2.24, 2.45) is 11.3 Å². The van der Waals surface area contributed by atoms with E-state index in [1.54, 1.807) is 0 Å². The molecule has 3 aliphatic rings. The molecule has 3 fully saturated rings. The first-order chi connectivity index (χ1) is 9.65. The molecule has 1 N–H and O–H groups in total. The summed E-state index contributed by atoms with van der Waals surface area (Å²) in [4.78, 5) is 14.8. The lowest BCUT2D eigenvalue weighted by molar-refractivity contribution is -0.132. The minimum absolute atomic E-state index is 0.0240. The van der Waals surface area contributed by atoms with Crippen molar-refractivity contribution in [2.45, 2.75) is 83.8 Å². The highest BCUT2D eigenvalue weighted by molar-refractivity contribution is 5.84. The molecule has 1 heterocycles. The van der Waals surface area contributed by atoms with Gasteiger partial charge in [0.2, 0.25) is 5.91 Å². The monoisotopic (exact) mass is 278 g/mol. The minimum atomic E-state index is 0.0240. The molecule has 3 nitrogen and oxygen atoms in total. The van der Waals surface area contributed by atoms with E-state index in [9.17, 15) is 4.79 Å². The third-order valence-corrected chi connectivity index (χ3v) is 6.18. The van der Waals surface area contributed by atoms with Crippen LogP contribution in [0.1, 0.15) is 71.6 Å². The van der Waals surface area contributed by atoms with Gasteiger partial charge >= 0.3 is 0 Å². The number of amides is 1. The van der Waals surface area contributed by atoms with Crippen molar-refractivity contribution in [2.75, 3.05) is 6.54 Å². The summed E-state index contributed by atoms with van der Waals surface area (Å²) in [6.07, 6.45) is 12.2. The Hall–Kier alpha value is -0.570. The first-order valence-corrected chi connectivity index (χ1v) is 8.72. The van der Waals surface area contributed by atoms with Crippen molar-refractivity contribution in [1.29, 1.82) is 0 Å². The van der Waals surface area contributed by atoms with E-state index in [1.807, 2.05) is 6.92 Å². The highest BCUT2D eigenvalue weighted by Gasteiger charge is 2.45. The van der Waals surface area contributed by atoms with E-state index >= 15 is 0 Å². The lowest BCUT2D eigenvalue weighted by Gasteiger charge is -2.37. The van der Waals surface area contributed by atoms with Crippen LogP contribution < -0.4 is 5.32 Å². The zero-order valence-corrected chi connectivity index (χ0v) is 13.2. The molecule has 2 saturated carbocycles. The lowest BCUT2D eigenvalue weighted by atomic mass is 9.82. The molecule has 0 radical (unpaired) electrons. The highest BCUT2D eigenvalue weighted by atomic mass is 16.2. The Kier molecular flexibility index (Phi) is 4.07. The van der Waals surface area contributed by atoms with Crippen molar-refractivity contribution in [3.63, 3.8) is 0 Å². The summed E-state index contributed by atoms with van der Waals surface area (Å²) in [6, 6.07) is 0.0240. The molecule has 1 saturated heterocycles. The maximum Gasteiger partial charge on any atom is 0.240 e. The number of rotatable bonds is 4. The van der Waals surface area contributed by atoms with Crippen LogP contribution in [0.4, 0.5) is 0 Å². The van der Waals surface area contributed by atoms with Crippen LogP contribution in [0.25, 0.3) is 0 Å². The summed E-state index contributed by atoms with van der Waals surface area (Å²) in [5.74, 6) is 1.04. The van der Waals surface area contributed by atoms with Gasteiger partial charge in [0, 0.05) is 6.54 Å². The molecule has 0 aromatic heterocycles. The molecule has 1 amide bonds. The van der Waals surface area contributed by atoms with Crippen LogP contribution in [0.3, 0.4) is 0 Å². The normalized spacial score (nSPS) is 34.3. The Morgan fingerprint density at radius 3 is 2.45 bits per heavy atom. The molecule has 0 aromatic rings. The number of hydrogen-bond acceptors (Lipinski definition) is 2. The second-order valence-electron chi connectivity index (χ2n) is 7.40. The van der Waals surface area contributed by atoms with Crippen LogP contribution >= 0.6 is 0 Å². The quantitative estimate of drug-likeness (QED) is 0.856. The first-order valence-electron chi connectivity index (χ1n) is 8.72. The molecule has 2 aliphatic carbocycles. The smallest absolute Gasteiger partial charge is 0.240 e.